The van der Waals surface area contributed by atoms with Crippen LogP contribution in [0.4, 0.5) is 4.39 Å². The van der Waals surface area contributed by atoms with Crippen LogP contribution in [0.15, 0.2) is 22.7 Å². The van der Waals surface area contributed by atoms with E-state index in [1.54, 1.807) is 12.1 Å². The summed E-state index contributed by atoms with van der Waals surface area (Å²) in [6.45, 7) is 4.13. The molecule has 1 saturated heterocycles. The highest BCUT2D eigenvalue weighted by Gasteiger charge is 2.28. The van der Waals surface area contributed by atoms with Crippen LogP contribution in [-0.4, -0.2) is 48.3 Å². The molecule has 0 aliphatic carbocycles. The molecule has 0 N–H and O–H groups in total. The number of carbonyl (C=O) groups is 2. The number of carbonyl (C=O) groups excluding carboxylic acids is 2. The number of likely N-dealkylation sites (tertiary alicyclic amines) is 1. The molecule has 26 heavy (non-hydrogen) atoms. The normalized spacial score (nSPS) is 15.2. The van der Waals surface area contributed by atoms with Crippen LogP contribution in [0.5, 0.6) is 0 Å². The van der Waals surface area contributed by atoms with Gasteiger partial charge in [-0.3, -0.25) is 9.59 Å². The number of nitrogens with zero attached hydrogens (tertiary/aromatic N) is 2. The Labute approximate surface area is 163 Å². The van der Waals surface area contributed by atoms with E-state index in [1.807, 2.05) is 16.8 Å². The summed E-state index contributed by atoms with van der Waals surface area (Å²) in [7, 11) is 1.86. The van der Waals surface area contributed by atoms with Crippen LogP contribution in [0.1, 0.15) is 44.6 Å². The largest absolute Gasteiger partial charge is 0.346 e. The molecule has 0 radical (unpaired) electrons. The van der Waals surface area contributed by atoms with E-state index in [0.717, 1.165) is 19.4 Å². The maximum atomic E-state index is 13.9. The zero-order valence-corrected chi connectivity index (χ0v) is 17.2. The number of unbranched alkanes of at least 4 members (excludes halogenated alkanes) is 1. The Hall–Kier alpha value is -1.43. The van der Waals surface area contributed by atoms with E-state index in [-0.39, 0.29) is 23.5 Å². The summed E-state index contributed by atoms with van der Waals surface area (Å²) >= 11 is 3.23. The molecule has 2 rings (SSSR count). The SMILES string of the molecule is CCCCN(C)C(=O)C1CCN(C(=O)CCc2ccc(Br)cc2F)CC1. The Bertz CT molecular complexity index is 630. The van der Waals surface area contributed by atoms with Crippen LogP contribution in [0, 0.1) is 11.7 Å². The van der Waals surface area contributed by atoms with Crippen LogP contribution < -0.4 is 0 Å². The van der Waals surface area contributed by atoms with Gasteiger partial charge in [-0.05, 0) is 43.4 Å². The standard InChI is InChI=1S/C20H28BrFN2O2/c1-3-4-11-23(2)20(26)16-9-12-24(13-10-16)19(25)8-6-15-5-7-17(21)14-18(15)22/h5,7,14,16H,3-4,6,8-13H2,1-2H3. The number of benzene rings is 1. The minimum absolute atomic E-state index is 0.0184. The van der Waals surface area contributed by atoms with Gasteiger partial charge in [0.1, 0.15) is 5.82 Å². The molecule has 0 spiro atoms. The Morgan fingerprint density at radius 3 is 2.62 bits per heavy atom. The molecular formula is C20H28BrFN2O2. The van der Waals surface area contributed by atoms with Crippen LogP contribution >= 0.6 is 15.9 Å². The van der Waals surface area contributed by atoms with E-state index >= 15 is 0 Å². The lowest BCUT2D eigenvalue weighted by molar-refractivity contribution is -0.139. The molecule has 0 saturated carbocycles. The van der Waals surface area contributed by atoms with Gasteiger partial charge in [-0.1, -0.05) is 35.3 Å². The summed E-state index contributed by atoms with van der Waals surface area (Å²) in [5.41, 5.74) is 0.559. The summed E-state index contributed by atoms with van der Waals surface area (Å²) in [5.74, 6) is -0.0311. The predicted octanol–water partition coefficient (Wildman–Crippen LogP) is 4.02. The number of amides is 2. The molecule has 6 heteroatoms. The molecule has 144 valence electrons. The number of aryl methyl sites for hydroxylation is 1. The van der Waals surface area contributed by atoms with Gasteiger partial charge >= 0.3 is 0 Å². The van der Waals surface area contributed by atoms with Crippen molar-refractivity contribution in [3.8, 4) is 0 Å². The maximum Gasteiger partial charge on any atom is 0.225 e. The zero-order valence-electron chi connectivity index (χ0n) is 15.6. The molecule has 1 fully saturated rings. The molecule has 2 amide bonds. The lowest BCUT2D eigenvalue weighted by atomic mass is 9.95. The Morgan fingerprint density at radius 2 is 2.00 bits per heavy atom. The molecule has 0 aromatic heterocycles. The van der Waals surface area contributed by atoms with E-state index in [0.29, 0.717) is 48.8 Å². The average Bonchev–Trinajstić information content (AvgIpc) is 2.64. The molecule has 0 unspecified atom stereocenters. The number of piperidine rings is 1. The fourth-order valence-corrected chi connectivity index (χ4v) is 3.65. The summed E-state index contributed by atoms with van der Waals surface area (Å²) in [6.07, 6.45) is 4.22. The second kappa shape index (κ2) is 10.0. The smallest absolute Gasteiger partial charge is 0.225 e. The molecule has 0 bridgehead atoms. The highest BCUT2D eigenvalue weighted by molar-refractivity contribution is 9.10. The maximum absolute atomic E-state index is 13.9. The van der Waals surface area contributed by atoms with Crippen molar-refractivity contribution in [2.75, 3.05) is 26.7 Å². The van der Waals surface area contributed by atoms with Gasteiger partial charge in [0.05, 0.1) is 0 Å². The second-order valence-electron chi connectivity index (χ2n) is 7.00. The minimum atomic E-state index is -0.286. The molecule has 1 aliphatic rings. The van der Waals surface area contributed by atoms with Gasteiger partial charge < -0.3 is 9.80 Å². The molecule has 1 aromatic rings. The van der Waals surface area contributed by atoms with Gasteiger partial charge in [0.15, 0.2) is 0 Å². The van der Waals surface area contributed by atoms with Gasteiger partial charge in [0.25, 0.3) is 0 Å². The highest BCUT2D eigenvalue weighted by Crippen LogP contribution is 2.21. The molecule has 1 heterocycles. The average molecular weight is 427 g/mol. The monoisotopic (exact) mass is 426 g/mol. The third-order valence-corrected chi connectivity index (χ3v) is 5.54. The van der Waals surface area contributed by atoms with Gasteiger partial charge in [-0.2, -0.15) is 0 Å². The third kappa shape index (κ3) is 5.79. The van der Waals surface area contributed by atoms with Crippen molar-refractivity contribution in [3.63, 3.8) is 0 Å². The van der Waals surface area contributed by atoms with Gasteiger partial charge in [0.2, 0.25) is 11.8 Å². The molecule has 0 atom stereocenters. The van der Waals surface area contributed by atoms with Crippen LogP contribution in [0.25, 0.3) is 0 Å². The summed E-state index contributed by atoms with van der Waals surface area (Å²) < 4.78 is 14.5. The molecule has 1 aliphatic heterocycles. The third-order valence-electron chi connectivity index (χ3n) is 5.04. The second-order valence-corrected chi connectivity index (χ2v) is 7.92. The van der Waals surface area contributed by atoms with Crippen molar-refractivity contribution in [2.45, 2.75) is 45.4 Å². The Balaban J connectivity index is 1.78. The quantitative estimate of drug-likeness (QED) is 0.660. The fourth-order valence-electron chi connectivity index (χ4n) is 3.32. The first-order chi connectivity index (χ1) is 12.4. The lowest BCUT2D eigenvalue weighted by Gasteiger charge is -2.33. The van der Waals surface area contributed by atoms with Crippen LogP contribution in [-0.2, 0) is 16.0 Å². The van der Waals surface area contributed by atoms with E-state index in [1.165, 1.54) is 6.07 Å². The minimum Gasteiger partial charge on any atom is -0.346 e. The van der Waals surface area contributed by atoms with Crippen molar-refractivity contribution in [3.05, 3.63) is 34.1 Å². The molecule has 4 nitrogen and oxygen atoms in total. The van der Waals surface area contributed by atoms with Crippen LogP contribution in [0.2, 0.25) is 0 Å². The van der Waals surface area contributed by atoms with Crippen molar-refractivity contribution < 1.29 is 14.0 Å². The lowest BCUT2D eigenvalue weighted by Crippen LogP contribution is -2.43. The summed E-state index contributed by atoms with van der Waals surface area (Å²) in [4.78, 5) is 28.5. The van der Waals surface area contributed by atoms with Gasteiger partial charge in [-0.25, -0.2) is 4.39 Å². The number of halogens is 2. The number of hydrogen-bond donors (Lipinski definition) is 0. The predicted molar refractivity (Wildman–Crippen MR) is 104 cm³/mol. The van der Waals surface area contributed by atoms with Crippen LogP contribution in [0.3, 0.4) is 0 Å². The summed E-state index contributed by atoms with van der Waals surface area (Å²) in [6, 6.07) is 4.92. The highest BCUT2D eigenvalue weighted by atomic mass is 79.9. The number of rotatable bonds is 7. The van der Waals surface area contributed by atoms with E-state index in [4.69, 9.17) is 0 Å². The fraction of sp³-hybridized carbons (Fsp3) is 0.600. The Morgan fingerprint density at radius 1 is 1.31 bits per heavy atom. The van der Waals surface area contributed by atoms with E-state index in [2.05, 4.69) is 22.9 Å². The summed E-state index contributed by atoms with van der Waals surface area (Å²) in [5, 5.41) is 0. The first-order valence-corrected chi connectivity index (χ1v) is 10.2. The topological polar surface area (TPSA) is 40.6 Å². The molecule has 1 aromatic carbocycles. The number of hydrogen-bond acceptors (Lipinski definition) is 2. The van der Waals surface area contributed by atoms with Crippen molar-refractivity contribution >= 4 is 27.7 Å². The van der Waals surface area contributed by atoms with Crippen molar-refractivity contribution in [1.82, 2.24) is 9.80 Å². The molecular weight excluding hydrogens is 399 g/mol. The van der Waals surface area contributed by atoms with Crippen molar-refractivity contribution in [2.24, 2.45) is 5.92 Å². The first kappa shape index (κ1) is 20.9. The van der Waals surface area contributed by atoms with E-state index < -0.39 is 0 Å². The van der Waals surface area contributed by atoms with Crippen molar-refractivity contribution in [1.29, 1.82) is 0 Å². The Kier molecular flexibility index (Phi) is 8.07. The van der Waals surface area contributed by atoms with Gasteiger partial charge in [-0.15, -0.1) is 0 Å². The van der Waals surface area contributed by atoms with Gasteiger partial charge in [0, 0.05) is 43.5 Å². The first-order valence-electron chi connectivity index (χ1n) is 9.39. The zero-order chi connectivity index (χ0) is 19.1. The van der Waals surface area contributed by atoms with E-state index in [9.17, 15) is 14.0 Å².